The number of carbonyl (C=O) groups excluding carboxylic acids is 2. The van der Waals surface area contributed by atoms with Gasteiger partial charge in [-0.15, -0.1) is 0 Å². The van der Waals surface area contributed by atoms with Crippen LogP contribution < -0.4 is 0 Å². The van der Waals surface area contributed by atoms with Crippen LogP contribution in [-0.4, -0.2) is 41.8 Å². The summed E-state index contributed by atoms with van der Waals surface area (Å²) in [6, 6.07) is 6.69. The minimum Gasteiger partial charge on any atom is -0.381 e. The highest BCUT2D eigenvalue weighted by atomic mass is 16.3. The van der Waals surface area contributed by atoms with Gasteiger partial charge < -0.3 is 10.0 Å². The van der Waals surface area contributed by atoms with Gasteiger partial charge in [-0.1, -0.05) is 36.1 Å². The number of nitrogens with zero attached hydrogens (tertiary/aromatic N) is 1. The van der Waals surface area contributed by atoms with Crippen molar-refractivity contribution in [2.75, 3.05) is 14.1 Å². The van der Waals surface area contributed by atoms with E-state index in [2.05, 4.69) is 11.8 Å². The highest BCUT2D eigenvalue weighted by molar-refractivity contribution is 6.28. The Morgan fingerprint density at radius 1 is 1.10 bits per heavy atom. The molecule has 0 saturated carbocycles. The smallest absolute Gasteiger partial charge is 0.211 e. The van der Waals surface area contributed by atoms with Crippen molar-refractivity contribution in [2.24, 2.45) is 0 Å². The van der Waals surface area contributed by atoms with Gasteiger partial charge in [0, 0.05) is 25.2 Å². The summed E-state index contributed by atoms with van der Waals surface area (Å²) < 4.78 is 0. The van der Waals surface area contributed by atoms with Gasteiger partial charge in [0.2, 0.25) is 11.6 Å². The van der Waals surface area contributed by atoms with Crippen molar-refractivity contribution < 1.29 is 14.7 Å². The minimum absolute atomic E-state index is 0.139. The van der Waals surface area contributed by atoms with Crippen molar-refractivity contribution in [1.29, 1.82) is 0 Å². The molecule has 4 nitrogen and oxygen atoms in total. The maximum atomic E-state index is 12.5. The van der Waals surface area contributed by atoms with Crippen molar-refractivity contribution >= 4 is 11.6 Å². The fraction of sp³-hybridized carbons (Fsp3) is 0.250. The molecule has 4 heteroatoms. The molecule has 0 saturated heterocycles. The van der Waals surface area contributed by atoms with Gasteiger partial charge >= 0.3 is 0 Å². The van der Waals surface area contributed by atoms with Gasteiger partial charge in [-0.05, 0) is 6.92 Å². The highest BCUT2D eigenvalue weighted by Gasteiger charge is 2.32. The summed E-state index contributed by atoms with van der Waals surface area (Å²) in [5.74, 6) is 4.67. The number of hydrogen-bond donors (Lipinski definition) is 1. The number of carbonyl (C=O) groups is 2. The molecular formula is C16H15NO3. The second kappa shape index (κ2) is 5.32. The third-order valence-corrected chi connectivity index (χ3v) is 2.95. The first kappa shape index (κ1) is 14.0. The van der Waals surface area contributed by atoms with Gasteiger partial charge in [0.25, 0.3) is 0 Å². The maximum Gasteiger partial charge on any atom is 0.211 e. The molecule has 1 N–H and O–H groups in total. The number of hydrogen-bond acceptors (Lipinski definition) is 4. The monoisotopic (exact) mass is 269 g/mol. The van der Waals surface area contributed by atoms with Crippen LogP contribution in [0.5, 0.6) is 0 Å². The molecule has 0 radical (unpaired) electrons. The fourth-order valence-electron chi connectivity index (χ4n) is 2.08. The summed E-state index contributed by atoms with van der Waals surface area (Å²) in [7, 11) is 3.39. The fourth-order valence-corrected chi connectivity index (χ4v) is 2.08. The number of benzene rings is 1. The number of Topliss-reactive ketones (excluding diaryl/α,β-unsaturated/α-hetero) is 2. The number of likely N-dealkylation sites (N-methyl/N-ethyl adjacent to an activating group) is 1. The third kappa shape index (κ3) is 2.36. The first-order valence-corrected chi connectivity index (χ1v) is 6.23. The first-order valence-electron chi connectivity index (χ1n) is 6.23. The lowest BCUT2D eigenvalue weighted by atomic mass is 9.87. The topological polar surface area (TPSA) is 57.6 Å². The average Bonchev–Trinajstić information content (AvgIpc) is 2.40. The number of allylic oxidation sites excluding steroid dienone is 2. The van der Waals surface area contributed by atoms with E-state index in [4.69, 9.17) is 0 Å². The molecule has 1 aliphatic carbocycles. The normalized spacial score (nSPS) is 15.4. The van der Waals surface area contributed by atoms with E-state index in [1.165, 1.54) is 6.92 Å². The van der Waals surface area contributed by atoms with Crippen LogP contribution in [0.2, 0.25) is 0 Å². The Bertz CT molecular complexity index is 672. The van der Waals surface area contributed by atoms with Gasteiger partial charge in [0.1, 0.15) is 11.8 Å². The van der Waals surface area contributed by atoms with Gasteiger partial charge in [0.05, 0.1) is 5.57 Å². The molecule has 2 rings (SSSR count). The van der Waals surface area contributed by atoms with Crippen molar-refractivity contribution in [2.45, 2.75) is 13.0 Å². The molecule has 0 aromatic heterocycles. The molecular weight excluding hydrogens is 254 g/mol. The second-order valence-electron chi connectivity index (χ2n) is 4.77. The average molecular weight is 269 g/mol. The van der Waals surface area contributed by atoms with Gasteiger partial charge in [-0.25, -0.2) is 0 Å². The molecule has 0 aliphatic heterocycles. The molecule has 0 amide bonds. The van der Waals surface area contributed by atoms with E-state index in [-0.39, 0.29) is 22.8 Å². The van der Waals surface area contributed by atoms with E-state index in [9.17, 15) is 14.7 Å². The predicted molar refractivity (Wildman–Crippen MR) is 75.3 cm³/mol. The molecule has 20 heavy (non-hydrogen) atoms. The lowest BCUT2D eigenvalue weighted by molar-refractivity contribution is 0.0956. The quantitative estimate of drug-likeness (QED) is 0.780. The van der Waals surface area contributed by atoms with E-state index >= 15 is 0 Å². The maximum absolute atomic E-state index is 12.5. The molecule has 0 heterocycles. The van der Waals surface area contributed by atoms with Crippen molar-refractivity contribution in [3.63, 3.8) is 0 Å². The molecule has 1 aliphatic rings. The van der Waals surface area contributed by atoms with Gasteiger partial charge in [0.15, 0.2) is 0 Å². The van der Waals surface area contributed by atoms with Crippen molar-refractivity contribution in [1.82, 2.24) is 4.90 Å². The van der Waals surface area contributed by atoms with Crippen LogP contribution >= 0.6 is 0 Å². The van der Waals surface area contributed by atoms with E-state index in [0.717, 1.165) is 0 Å². The predicted octanol–water partition coefficient (Wildman–Crippen LogP) is 1.27. The molecule has 0 spiro atoms. The Morgan fingerprint density at radius 2 is 1.65 bits per heavy atom. The molecule has 102 valence electrons. The Balaban J connectivity index is 2.67. The van der Waals surface area contributed by atoms with Crippen LogP contribution in [0.4, 0.5) is 0 Å². The Labute approximate surface area is 117 Å². The molecule has 1 aromatic rings. The summed E-state index contributed by atoms with van der Waals surface area (Å²) in [5, 5.41) is 9.25. The minimum atomic E-state index is -0.856. The Hall–Kier alpha value is -2.38. The summed E-state index contributed by atoms with van der Waals surface area (Å²) in [6.45, 7) is 1.51. The van der Waals surface area contributed by atoms with Crippen LogP contribution in [0.3, 0.4) is 0 Å². The summed E-state index contributed by atoms with van der Waals surface area (Å²) in [5.41, 5.74) is 1.16. The summed E-state index contributed by atoms with van der Waals surface area (Å²) >= 11 is 0. The summed E-state index contributed by atoms with van der Waals surface area (Å²) in [4.78, 5) is 26.5. The SMILES string of the molecule is CC(O)C#CC1=C(N(C)C)C(=O)c2ccccc2C1=O. The number of aliphatic hydroxyl groups is 1. The van der Waals surface area contributed by atoms with Crippen LogP contribution in [0.15, 0.2) is 35.5 Å². The van der Waals surface area contributed by atoms with E-state index < -0.39 is 6.10 Å². The number of rotatable bonds is 1. The summed E-state index contributed by atoms with van der Waals surface area (Å²) in [6.07, 6.45) is -0.856. The molecule has 1 atom stereocenters. The lowest BCUT2D eigenvalue weighted by Crippen LogP contribution is -2.29. The van der Waals surface area contributed by atoms with Crippen LogP contribution in [0.25, 0.3) is 0 Å². The van der Waals surface area contributed by atoms with Gasteiger partial charge in [-0.3, -0.25) is 9.59 Å². The number of fused-ring (bicyclic) bond motifs is 1. The van der Waals surface area contributed by atoms with Crippen LogP contribution in [-0.2, 0) is 0 Å². The number of ketones is 2. The van der Waals surface area contributed by atoms with E-state index in [1.54, 1.807) is 43.3 Å². The number of aliphatic hydroxyl groups excluding tert-OH is 1. The lowest BCUT2D eigenvalue weighted by Gasteiger charge is -2.23. The van der Waals surface area contributed by atoms with Gasteiger partial charge in [-0.2, -0.15) is 0 Å². The zero-order chi connectivity index (χ0) is 14.9. The molecule has 0 bridgehead atoms. The zero-order valence-electron chi connectivity index (χ0n) is 11.6. The Kier molecular flexibility index (Phi) is 3.73. The molecule has 0 fully saturated rings. The molecule has 1 unspecified atom stereocenters. The standard InChI is InChI=1S/C16H15NO3/c1-10(18)8-9-13-14(17(2)3)16(20)12-7-5-4-6-11(12)15(13)19/h4-7,10,18H,1-3H3. The largest absolute Gasteiger partial charge is 0.381 e. The van der Waals surface area contributed by atoms with Crippen molar-refractivity contribution in [3.05, 3.63) is 46.7 Å². The van der Waals surface area contributed by atoms with Crippen LogP contribution in [0, 0.1) is 11.8 Å². The molecule has 1 aromatic carbocycles. The van der Waals surface area contributed by atoms with Crippen LogP contribution in [0.1, 0.15) is 27.6 Å². The highest BCUT2D eigenvalue weighted by Crippen LogP contribution is 2.26. The first-order chi connectivity index (χ1) is 9.43. The Morgan fingerprint density at radius 3 is 2.15 bits per heavy atom. The van der Waals surface area contributed by atoms with E-state index in [1.807, 2.05) is 0 Å². The third-order valence-electron chi connectivity index (χ3n) is 2.95. The van der Waals surface area contributed by atoms with Crippen molar-refractivity contribution in [3.8, 4) is 11.8 Å². The van der Waals surface area contributed by atoms with E-state index in [0.29, 0.717) is 11.1 Å². The second-order valence-corrected chi connectivity index (χ2v) is 4.77. The zero-order valence-corrected chi connectivity index (χ0v) is 11.6.